The average molecular weight is 331 g/mol. The second kappa shape index (κ2) is 9.45. The zero-order valence-corrected chi connectivity index (χ0v) is 14.8. The largest absolute Gasteiger partial charge is 0.453 e. The van der Waals surface area contributed by atoms with Crippen molar-refractivity contribution < 1.29 is 14.3 Å². The molecule has 0 saturated heterocycles. The highest BCUT2D eigenvalue weighted by atomic mass is 16.5. The quantitative estimate of drug-likeness (QED) is 0.634. The molecule has 0 aromatic heterocycles. The highest BCUT2D eigenvalue weighted by Crippen LogP contribution is 2.20. The summed E-state index contributed by atoms with van der Waals surface area (Å²) in [6.45, 7) is 3.64. The minimum Gasteiger partial charge on any atom is -0.453 e. The summed E-state index contributed by atoms with van der Waals surface area (Å²) in [7, 11) is 0. The van der Waals surface area contributed by atoms with E-state index in [0.29, 0.717) is 0 Å². The maximum Gasteiger partial charge on any atom is 0.307 e. The minimum absolute atomic E-state index is 0.0795. The van der Waals surface area contributed by atoms with Crippen LogP contribution in [0.3, 0.4) is 0 Å². The molecule has 1 N–H and O–H groups in total. The highest BCUT2D eigenvalue weighted by Gasteiger charge is 2.22. The molecule has 1 aromatic rings. The Morgan fingerprint density at radius 2 is 1.71 bits per heavy atom. The Bertz CT molecular complexity index is 521. The molecule has 1 fully saturated rings. The van der Waals surface area contributed by atoms with Crippen LogP contribution in [0.2, 0.25) is 0 Å². The summed E-state index contributed by atoms with van der Waals surface area (Å²) >= 11 is 0. The van der Waals surface area contributed by atoms with Crippen LogP contribution in [-0.2, 0) is 14.3 Å². The van der Waals surface area contributed by atoms with Gasteiger partial charge in [-0.25, -0.2) is 0 Å². The molecule has 132 valence electrons. The minimum atomic E-state index is -0.733. The molecule has 1 aliphatic carbocycles. The second-order valence-electron chi connectivity index (χ2n) is 6.85. The van der Waals surface area contributed by atoms with Crippen molar-refractivity contribution in [2.24, 2.45) is 0 Å². The van der Waals surface area contributed by atoms with Gasteiger partial charge in [0.05, 0.1) is 6.42 Å². The second-order valence-corrected chi connectivity index (χ2v) is 6.85. The summed E-state index contributed by atoms with van der Waals surface area (Å²) in [6.07, 6.45) is 6.41. The Balaban J connectivity index is 1.76. The summed E-state index contributed by atoms with van der Waals surface area (Å²) in [4.78, 5) is 24.3. The molecule has 2 atom stereocenters. The van der Waals surface area contributed by atoms with Gasteiger partial charge in [-0.3, -0.25) is 9.59 Å². The molecule has 1 aromatic carbocycles. The van der Waals surface area contributed by atoms with Crippen molar-refractivity contribution in [2.45, 2.75) is 76.9 Å². The number of esters is 1. The maximum atomic E-state index is 12.2. The number of carbonyl (C=O) groups excluding carboxylic acids is 2. The monoisotopic (exact) mass is 331 g/mol. The zero-order valence-electron chi connectivity index (χ0n) is 14.8. The molecule has 0 spiro atoms. The summed E-state index contributed by atoms with van der Waals surface area (Å²) in [5.41, 5.74) is 1.10. The van der Waals surface area contributed by atoms with Gasteiger partial charge in [0, 0.05) is 6.04 Å². The topological polar surface area (TPSA) is 55.4 Å². The number of rotatable bonds is 6. The number of carbonyl (C=O) groups is 2. The molecular formula is C20H29NO3. The Hall–Kier alpha value is -1.84. The summed E-state index contributed by atoms with van der Waals surface area (Å²) in [5.74, 6) is -0.423. The van der Waals surface area contributed by atoms with Crippen LogP contribution in [0.1, 0.15) is 70.3 Å². The van der Waals surface area contributed by atoms with Gasteiger partial charge in [0.2, 0.25) is 0 Å². The van der Waals surface area contributed by atoms with Crippen LogP contribution in [0, 0.1) is 0 Å². The van der Waals surface area contributed by atoms with Gasteiger partial charge < -0.3 is 10.1 Å². The van der Waals surface area contributed by atoms with Gasteiger partial charge in [0.15, 0.2) is 6.10 Å². The van der Waals surface area contributed by atoms with E-state index in [4.69, 9.17) is 4.74 Å². The first-order chi connectivity index (χ1) is 11.6. The van der Waals surface area contributed by atoms with Crippen LogP contribution in [0.15, 0.2) is 30.3 Å². The lowest BCUT2D eigenvalue weighted by molar-refractivity contribution is -0.155. The van der Waals surface area contributed by atoms with E-state index in [-0.39, 0.29) is 30.3 Å². The van der Waals surface area contributed by atoms with E-state index >= 15 is 0 Å². The van der Waals surface area contributed by atoms with Gasteiger partial charge in [0.25, 0.3) is 5.91 Å². The van der Waals surface area contributed by atoms with Crippen molar-refractivity contribution in [3.05, 3.63) is 35.9 Å². The third-order valence-electron chi connectivity index (χ3n) is 4.72. The first kappa shape index (κ1) is 18.5. The van der Waals surface area contributed by atoms with Crippen molar-refractivity contribution >= 4 is 11.9 Å². The standard InChI is InChI=1S/C20H29NO3/c1-15(17-10-6-5-7-11-17)14-19(22)24-16(2)20(23)21-18-12-8-3-4-9-13-18/h5-7,10-11,15-16,18H,3-4,8-9,12-14H2,1-2H3,(H,21,23)/t15-,16+/m1/s1. The molecule has 0 unspecified atom stereocenters. The number of hydrogen-bond donors (Lipinski definition) is 1. The fourth-order valence-corrected chi connectivity index (χ4v) is 3.19. The number of amides is 1. The Morgan fingerprint density at radius 1 is 1.08 bits per heavy atom. The molecule has 1 aliphatic rings. The molecule has 0 bridgehead atoms. The Labute approximate surface area is 145 Å². The predicted molar refractivity (Wildman–Crippen MR) is 94.7 cm³/mol. The van der Waals surface area contributed by atoms with Crippen molar-refractivity contribution in [1.29, 1.82) is 0 Å². The highest BCUT2D eigenvalue weighted by molar-refractivity contribution is 5.83. The SMILES string of the molecule is C[C@H](OC(=O)C[C@@H](C)c1ccccc1)C(=O)NC1CCCCCC1. The van der Waals surface area contributed by atoms with Gasteiger partial charge in [-0.2, -0.15) is 0 Å². The smallest absolute Gasteiger partial charge is 0.307 e. The molecule has 0 radical (unpaired) electrons. The number of benzene rings is 1. The molecule has 1 saturated carbocycles. The molecular weight excluding hydrogens is 302 g/mol. The van der Waals surface area contributed by atoms with Crippen LogP contribution in [0.4, 0.5) is 0 Å². The molecule has 24 heavy (non-hydrogen) atoms. The lowest BCUT2D eigenvalue weighted by Gasteiger charge is -2.20. The lowest BCUT2D eigenvalue weighted by atomic mass is 9.98. The van der Waals surface area contributed by atoms with Gasteiger partial charge in [0.1, 0.15) is 0 Å². The van der Waals surface area contributed by atoms with E-state index in [1.165, 1.54) is 12.8 Å². The van der Waals surface area contributed by atoms with Crippen LogP contribution >= 0.6 is 0 Å². The van der Waals surface area contributed by atoms with Crippen molar-refractivity contribution in [2.75, 3.05) is 0 Å². The maximum absolute atomic E-state index is 12.2. The van der Waals surface area contributed by atoms with Crippen molar-refractivity contribution in [1.82, 2.24) is 5.32 Å². The van der Waals surface area contributed by atoms with E-state index < -0.39 is 6.10 Å². The summed E-state index contributed by atoms with van der Waals surface area (Å²) in [5, 5.41) is 3.03. The van der Waals surface area contributed by atoms with Crippen LogP contribution < -0.4 is 5.32 Å². The number of ether oxygens (including phenoxy) is 1. The van der Waals surface area contributed by atoms with Crippen molar-refractivity contribution in [3.8, 4) is 0 Å². The van der Waals surface area contributed by atoms with Gasteiger partial charge in [-0.1, -0.05) is 62.9 Å². The van der Waals surface area contributed by atoms with Crippen LogP contribution in [-0.4, -0.2) is 24.0 Å². The number of nitrogens with one attached hydrogen (secondary N) is 1. The lowest BCUT2D eigenvalue weighted by Crippen LogP contribution is -2.41. The molecule has 0 aliphatic heterocycles. The van der Waals surface area contributed by atoms with Gasteiger partial charge in [-0.15, -0.1) is 0 Å². The van der Waals surface area contributed by atoms with E-state index in [9.17, 15) is 9.59 Å². The Morgan fingerprint density at radius 3 is 2.33 bits per heavy atom. The Kier molecular flexibility index (Phi) is 7.29. The predicted octanol–water partition coefficient (Wildman–Crippen LogP) is 3.95. The van der Waals surface area contributed by atoms with Gasteiger partial charge in [-0.05, 0) is 31.2 Å². The summed E-state index contributed by atoms with van der Waals surface area (Å²) in [6, 6.07) is 10.1. The summed E-state index contributed by atoms with van der Waals surface area (Å²) < 4.78 is 5.33. The molecule has 0 heterocycles. The molecule has 4 heteroatoms. The third-order valence-corrected chi connectivity index (χ3v) is 4.72. The molecule has 1 amide bonds. The van der Waals surface area contributed by atoms with Crippen LogP contribution in [0.5, 0.6) is 0 Å². The normalized spacial score (nSPS) is 18.2. The van der Waals surface area contributed by atoms with E-state index in [1.807, 2.05) is 37.3 Å². The average Bonchev–Trinajstić information content (AvgIpc) is 2.84. The first-order valence-electron chi connectivity index (χ1n) is 9.11. The number of hydrogen-bond acceptors (Lipinski definition) is 3. The van der Waals surface area contributed by atoms with Gasteiger partial charge >= 0.3 is 5.97 Å². The van der Waals surface area contributed by atoms with E-state index in [2.05, 4.69) is 5.32 Å². The first-order valence-corrected chi connectivity index (χ1v) is 9.11. The van der Waals surface area contributed by atoms with E-state index in [0.717, 1.165) is 31.2 Å². The zero-order chi connectivity index (χ0) is 17.4. The third kappa shape index (κ3) is 5.99. The fraction of sp³-hybridized carbons (Fsp3) is 0.600. The van der Waals surface area contributed by atoms with Crippen LogP contribution in [0.25, 0.3) is 0 Å². The van der Waals surface area contributed by atoms with Crippen molar-refractivity contribution in [3.63, 3.8) is 0 Å². The molecule has 2 rings (SSSR count). The molecule has 4 nitrogen and oxygen atoms in total. The fourth-order valence-electron chi connectivity index (χ4n) is 3.19. The van der Waals surface area contributed by atoms with E-state index in [1.54, 1.807) is 6.92 Å².